The maximum atomic E-state index is 13.6. The summed E-state index contributed by atoms with van der Waals surface area (Å²) in [4.78, 5) is 14.6. The summed E-state index contributed by atoms with van der Waals surface area (Å²) >= 11 is 0. The third kappa shape index (κ3) is 3.31. The number of piperidine rings is 1. The molecule has 1 saturated heterocycles. The minimum absolute atomic E-state index is 0.0203. The highest BCUT2D eigenvalue weighted by Crippen LogP contribution is 2.25. The second kappa shape index (κ2) is 6.96. The zero-order valence-electron chi connectivity index (χ0n) is 14.1. The van der Waals surface area contributed by atoms with Crippen LogP contribution in [0.15, 0.2) is 24.3 Å². The van der Waals surface area contributed by atoms with Gasteiger partial charge in [0.15, 0.2) is 5.69 Å². The summed E-state index contributed by atoms with van der Waals surface area (Å²) in [7, 11) is 0. The van der Waals surface area contributed by atoms with E-state index in [1.54, 1.807) is 12.1 Å². The molecule has 1 amide bonds. The largest absolute Gasteiger partial charge is 0.373 e. The number of likely N-dealkylation sites (tertiary alicyclic amines) is 1. The number of hydrogen-bond donors (Lipinski definition) is 1. The molecule has 1 aromatic heterocycles. The zero-order chi connectivity index (χ0) is 17.2. The third-order valence-corrected chi connectivity index (χ3v) is 5.17. The van der Waals surface area contributed by atoms with Gasteiger partial charge >= 0.3 is 0 Å². The molecule has 25 heavy (non-hydrogen) atoms. The van der Waals surface area contributed by atoms with Gasteiger partial charge in [-0.05, 0) is 38.2 Å². The van der Waals surface area contributed by atoms with Crippen molar-refractivity contribution in [2.75, 3.05) is 13.1 Å². The number of aromatic nitrogens is 2. The highest BCUT2D eigenvalue weighted by Gasteiger charge is 2.29. The van der Waals surface area contributed by atoms with Gasteiger partial charge in [-0.15, -0.1) is 0 Å². The van der Waals surface area contributed by atoms with E-state index in [1.165, 1.54) is 6.07 Å². The molecule has 132 valence electrons. The summed E-state index contributed by atoms with van der Waals surface area (Å²) < 4.78 is 19.5. The van der Waals surface area contributed by atoms with Crippen LogP contribution < -0.4 is 0 Å². The van der Waals surface area contributed by atoms with Crippen molar-refractivity contribution < 1.29 is 13.9 Å². The van der Waals surface area contributed by atoms with Crippen molar-refractivity contribution in [2.45, 2.75) is 44.8 Å². The van der Waals surface area contributed by atoms with Gasteiger partial charge in [0.05, 0.1) is 12.7 Å². The average Bonchev–Trinajstić information content (AvgIpc) is 3.24. The molecule has 0 bridgehead atoms. The Labute approximate surface area is 146 Å². The van der Waals surface area contributed by atoms with Crippen molar-refractivity contribution >= 4 is 5.91 Å². The number of nitrogens with zero attached hydrogens (tertiary/aromatic N) is 2. The summed E-state index contributed by atoms with van der Waals surface area (Å²) in [5.74, 6) is -0.213. The van der Waals surface area contributed by atoms with Crippen molar-refractivity contribution in [1.29, 1.82) is 0 Å². The number of carbonyl (C=O) groups excluding carboxylic acids is 1. The van der Waals surface area contributed by atoms with Gasteiger partial charge in [0.25, 0.3) is 5.91 Å². The first-order valence-corrected chi connectivity index (χ1v) is 8.93. The van der Waals surface area contributed by atoms with Crippen LogP contribution in [0.4, 0.5) is 4.39 Å². The van der Waals surface area contributed by atoms with Crippen molar-refractivity contribution in [3.05, 3.63) is 52.6 Å². The number of halogens is 1. The molecule has 1 N–H and O–H groups in total. The highest BCUT2D eigenvalue weighted by molar-refractivity contribution is 5.94. The van der Waals surface area contributed by atoms with Crippen molar-refractivity contribution in [1.82, 2.24) is 15.1 Å². The van der Waals surface area contributed by atoms with E-state index in [1.807, 2.05) is 11.0 Å². The van der Waals surface area contributed by atoms with Crippen LogP contribution in [0.3, 0.4) is 0 Å². The number of fused-ring (bicyclic) bond motifs is 1. The summed E-state index contributed by atoms with van der Waals surface area (Å²) in [5.41, 5.74) is 3.39. The lowest BCUT2D eigenvalue weighted by Gasteiger charge is -2.31. The van der Waals surface area contributed by atoms with Crippen LogP contribution in [0.2, 0.25) is 0 Å². The summed E-state index contributed by atoms with van der Waals surface area (Å²) in [5, 5.41) is 7.23. The lowest BCUT2D eigenvalue weighted by atomic mass is 10.1. The predicted molar refractivity (Wildman–Crippen MR) is 90.7 cm³/mol. The van der Waals surface area contributed by atoms with Crippen LogP contribution in [-0.2, 0) is 24.2 Å². The molecular formula is C19H22FN3O2. The number of nitrogens with one attached hydrogen (secondary N) is 1. The summed E-state index contributed by atoms with van der Waals surface area (Å²) in [6.07, 6.45) is 4.63. The Balaban J connectivity index is 1.31. The molecule has 0 radical (unpaired) electrons. The second-order valence-corrected chi connectivity index (χ2v) is 6.78. The van der Waals surface area contributed by atoms with Crippen molar-refractivity contribution in [3.63, 3.8) is 0 Å². The molecule has 1 fully saturated rings. The van der Waals surface area contributed by atoms with Crippen LogP contribution in [0.1, 0.15) is 46.6 Å². The van der Waals surface area contributed by atoms with Gasteiger partial charge in [0.2, 0.25) is 0 Å². The molecule has 5 nitrogen and oxygen atoms in total. The molecule has 1 aliphatic carbocycles. The first kappa shape index (κ1) is 16.3. The van der Waals surface area contributed by atoms with Crippen LogP contribution in [0, 0.1) is 5.82 Å². The van der Waals surface area contributed by atoms with Gasteiger partial charge in [-0.3, -0.25) is 9.89 Å². The van der Waals surface area contributed by atoms with E-state index < -0.39 is 0 Å². The minimum atomic E-state index is -0.234. The topological polar surface area (TPSA) is 58.2 Å². The molecule has 1 aromatic carbocycles. The van der Waals surface area contributed by atoms with E-state index in [0.717, 1.165) is 43.4 Å². The SMILES string of the molecule is O=C(c1n[nH]c2c1CCC2)N1CCC(OCc2ccccc2F)CC1. The molecule has 0 unspecified atom stereocenters. The number of aromatic amines is 1. The van der Waals surface area contributed by atoms with Gasteiger partial charge < -0.3 is 9.64 Å². The lowest BCUT2D eigenvalue weighted by molar-refractivity contribution is -0.00146. The Kier molecular flexibility index (Phi) is 4.53. The van der Waals surface area contributed by atoms with E-state index >= 15 is 0 Å². The fourth-order valence-electron chi connectivity index (χ4n) is 3.69. The molecule has 1 aliphatic heterocycles. The van der Waals surface area contributed by atoms with E-state index in [0.29, 0.717) is 24.3 Å². The Bertz CT molecular complexity index is 766. The normalized spacial score (nSPS) is 17.7. The highest BCUT2D eigenvalue weighted by atomic mass is 19.1. The molecular weight excluding hydrogens is 321 g/mol. The lowest BCUT2D eigenvalue weighted by Crippen LogP contribution is -2.41. The van der Waals surface area contributed by atoms with Gasteiger partial charge in [0, 0.05) is 29.9 Å². The molecule has 2 heterocycles. The molecule has 2 aromatic rings. The Morgan fingerprint density at radius 1 is 1.28 bits per heavy atom. The molecule has 4 rings (SSSR count). The van der Waals surface area contributed by atoms with Crippen molar-refractivity contribution in [2.24, 2.45) is 0 Å². The first-order chi connectivity index (χ1) is 12.2. The van der Waals surface area contributed by atoms with Crippen LogP contribution in [0.25, 0.3) is 0 Å². The van der Waals surface area contributed by atoms with Gasteiger partial charge in [-0.2, -0.15) is 5.10 Å². The molecule has 2 aliphatic rings. The van der Waals surface area contributed by atoms with E-state index in [2.05, 4.69) is 10.2 Å². The number of rotatable bonds is 4. The maximum Gasteiger partial charge on any atom is 0.274 e. The van der Waals surface area contributed by atoms with Crippen LogP contribution in [-0.4, -0.2) is 40.2 Å². The third-order valence-electron chi connectivity index (χ3n) is 5.17. The zero-order valence-corrected chi connectivity index (χ0v) is 14.1. The quantitative estimate of drug-likeness (QED) is 0.929. The number of hydrogen-bond acceptors (Lipinski definition) is 3. The fraction of sp³-hybridized carbons (Fsp3) is 0.474. The number of H-pyrrole nitrogens is 1. The number of ether oxygens (including phenoxy) is 1. The van der Waals surface area contributed by atoms with Crippen LogP contribution >= 0.6 is 0 Å². The van der Waals surface area contributed by atoms with E-state index in [-0.39, 0.29) is 24.4 Å². The van der Waals surface area contributed by atoms with Crippen LogP contribution in [0.5, 0.6) is 0 Å². The Hall–Kier alpha value is -2.21. The minimum Gasteiger partial charge on any atom is -0.373 e. The van der Waals surface area contributed by atoms with Gasteiger partial charge in [0.1, 0.15) is 5.82 Å². The molecule has 0 spiro atoms. The first-order valence-electron chi connectivity index (χ1n) is 8.93. The monoisotopic (exact) mass is 343 g/mol. The predicted octanol–water partition coefficient (Wildman–Crippen LogP) is 2.86. The number of carbonyl (C=O) groups is 1. The molecule has 0 atom stereocenters. The number of benzene rings is 1. The molecule has 6 heteroatoms. The molecule has 0 saturated carbocycles. The Morgan fingerprint density at radius 2 is 2.08 bits per heavy atom. The van der Waals surface area contributed by atoms with E-state index in [9.17, 15) is 9.18 Å². The van der Waals surface area contributed by atoms with Crippen molar-refractivity contribution in [3.8, 4) is 0 Å². The number of aryl methyl sites for hydroxylation is 1. The maximum absolute atomic E-state index is 13.6. The smallest absolute Gasteiger partial charge is 0.274 e. The van der Waals surface area contributed by atoms with E-state index in [4.69, 9.17) is 4.74 Å². The van der Waals surface area contributed by atoms with Gasteiger partial charge in [-0.25, -0.2) is 4.39 Å². The fourth-order valence-corrected chi connectivity index (χ4v) is 3.69. The van der Waals surface area contributed by atoms with Gasteiger partial charge in [-0.1, -0.05) is 18.2 Å². The summed E-state index contributed by atoms with van der Waals surface area (Å²) in [6, 6.07) is 6.68. The second-order valence-electron chi connectivity index (χ2n) is 6.78. The standard InChI is InChI=1S/C19H22FN3O2/c20-16-6-2-1-4-13(16)12-25-14-8-10-23(11-9-14)19(24)18-15-5-3-7-17(15)21-22-18/h1-2,4,6,14H,3,5,7-12H2,(H,21,22). The summed E-state index contributed by atoms with van der Waals surface area (Å²) in [6.45, 7) is 1.59. The number of amides is 1. The average molecular weight is 343 g/mol. The Morgan fingerprint density at radius 3 is 2.88 bits per heavy atom.